The number of alkyl halides is 2. The Balaban J connectivity index is 2.42. The van der Waals surface area contributed by atoms with Crippen LogP contribution in [0.1, 0.15) is 5.56 Å². The van der Waals surface area contributed by atoms with E-state index in [9.17, 15) is 8.78 Å². The SMILES string of the molecule is Cc1cnc(NCC(O)C(F)F)nc1. The van der Waals surface area contributed by atoms with Gasteiger partial charge in [0.2, 0.25) is 5.95 Å². The summed E-state index contributed by atoms with van der Waals surface area (Å²) in [6, 6.07) is 0. The van der Waals surface area contributed by atoms with E-state index in [1.54, 1.807) is 12.4 Å². The number of aliphatic hydroxyl groups is 1. The Kier molecular flexibility index (Phi) is 3.70. The van der Waals surface area contributed by atoms with Gasteiger partial charge in [-0.05, 0) is 12.5 Å². The van der Waals surface area contributed by atoms with Crippen molar-refractivity contribution in [1.29, 1.82) is 0 Å². The molecule has 0 saturated carbocycles. The Labute approximate surface area is 80.0 Å². The summed E-state index contributed by atoms with van der Waals surface area (Å²) in [5.74, 6) is 0.232. The summed E-state index contributed by atoms with van der Waals surface area (Å²) in [6.07, 6.45) is -1.33. The lowest BCUT2D eigenvalue weighted by molar-refractivity contribution is 0.00376. The summed E-state index contributed by atoms with van der Waals surface area (Å²) >= 11 is 0. The van der Waals surface area contributed by atoms with E-state index in [0.29, 0.717) is 0 Å². The molecule has 0 bridgehead atoms. The molecule has 78 valence electrons. The quantitative estimate of drug-likeness (QED) is 0.760. The molecule has 0 fully saturated rings. The summed E-state index contributed by atoms with van der Waals surface area (Å²) < 4.78 is 23.7. The van der Waals surface area contributed by atoms with Crippen LogP contribution in [0.2, 0.25) is 0 Å². The third kappa shape index (κ3) is 3.21. The van der Waals surface area contributed by atoms with Crippen LogP contribution in [0.15, 0.2) is 12.4 Å². The molecule has 0 aromatic carbocycles. The molecule has 2 N–H and O–H groups in total. The van der Waals surface area contributed by atoms with Gasteiger partial charge in [0.25, 0.3) is 6.43 Å². The summed E-state index contributed by atoms with van der Waals surface area (Å²) in [6.45, 7) is 1.55. The number of halogens is 2. The number of anilines is 1. The predicted molar refractivity (Wildman–Crippen MR) is 47.3 cm³/mol. The van der Waals surface area contributed by atoms with Crippen LogP contribution in [-0.2, 0) is 0 Å². The van der Waals surface area contributed by atoms with Crippen molar-refractivity contribution in [2.24, 2.45) is 0 Å². The number of nitrogens with one attached hydrogen (secondary N) is 1. The molecule has 1 aromatic heterocycles. The molecule has 1 atom stereocenters. The van der Waals surface area contributed by atoms with E-state index in [1.165, 1.54) is 0 Å². The van der Waals surface area contributed by atoms with Gasteiger partial charge < -0.3 is 10.4 Å². The minimum Gasteiger partial charge on any atom is -0.385 e. The van der Waals surface area contributed by atoms with Crippen LogP contribution in [0.4, 0.5) is 14.7 Å². The zero-order chi connectivity index (χ0) is 10.6. The average Bonchev–Trinajstić information content (AvgIpc) is 2.16. The fourth-order valence-electron chi connectivity index (χ4n) is 0.769. The summed E-state index contributed by atoms with van der Waals surface area (Å²) in [4.78, 5) is 7.66. The van der Waals surface area contributed by atoms with E-state index in [1.807, 2.05) is 6.92 Å². The highest BCUT2D eigenvalue weighted by Gasteiger charge is 2.16. The lowest BCUT2D eigenvalue weighted by Crippen LogP contribution is -2.27. The Morgan fingerprint density at radius 2 is 2.00 bits per heavy atom. The summed E-state index contributed by atoms with van der Waals surface area (Å²) in [5, 5.41) is 11.3. The minimum absolute atomic E-state index is 0.232. The number of rotatable bonds is 4. The average molecular weight is 203 g/mol. The largest absolute Gasteiger partial charge is 0.385 e. The first-order valence-corrected chi connectivity index (χ1v) is 4.08. The van der Waals surface area contributed by atoms with Crippen molar-refractivity contribution in [3.8, 4) is 0 Å². The molecule has 1 aromatic rings. The van der Waals surface area contributed by atoms with Gasteiger partial charge in [-0.15, -0.1) is 0 Å². The minimum atomic E-state index is -2.76. The van der Waals surface area contributed by atoms with Crippen molar-refractivity contribution >= 4 is 5.95 Å². The van der Waals surface area contributed by atoms with Crippen LogP contribution in [0.25, 0.3) is 0 Å². The Bertz CT molecular complexity index is 278. The summed E-state index contributed by atoms with van der Waals surface area (Å²) in [7, 11) is 0. The molecule has 0 saturated heterocycles. The first-order chi connectivity index (χ1) is 6.59. The molecule has 1 rings (SSSR count). The molecule has 0 spiro atoms. The maximum absolute atomic E-state index is 11.9. The molecule has 6 heteroatoms. The monoisotopic (exact) mass is 203 g/mol. The van der Waals surface area contributed by atoms with Crippen molar-refractivity contribution in [2.45, 2.75) is 19.5 Å². The van der Waals surface area contributed by atoms with Gasteiger partial charge in [-0.3, -0.25) is 0 Å². The van der Waals surface area contributed by atoms with Gasteiger partial charge in [-0.25, -0.2) is 18.7 Å². The van der Waals surface area contributed by atoms with E-state index in [0.717, 1.165) is 5.56 Å². The second-order valence-corrected chi connectivity index (χ2v) is 2.87. The van der Waals surface area contributed by atoms with Gasteiger partial charge in [0.05, 0.1) is 0 Å². The standard InChI is InChI=1S/C8H11F2N3O/c1-5-2-11-8(12-3-5)13-4-6(14)7(9)10/h2-3,6-7,14H,4H2,1H3,(H,11,12,13). The van der Waals surface area contributed by atoms with Gasteiger partial charge >= 0.3 is 0 Å². The zero-order valence-corrected chi connectivity index (χ0v) is 7.61. The molecule has 14 heavy (non-hydrogen) atoms. The Hall–Kier alpha value is -1.30. The van der Waals surface area contributed by atoms with Crippen LogP contribution in [0, 0.1) is 6.92 Å². The maximum atomic E-state index is 11.9. The highest BCUT2D eigenvalue weighted by molar-refractivity contribution is 5.24. The number of aliphatic hydroxyl groups excluding tert-OH is 1. The van der Waals surface area contributed by atoms with Gasteiger partial charge in [0.1, 0.15) is 6.10 Å². The van der Waals surface area contributed by atoms with E-state index in [2.05, 4.69) is 15.3 Å². The second-order valence-electron chi connectivity index (χ2n) is 2.87. The van der Waals surface area contributed by atoms with Crippen LogP contribution in [-0.4, -0.2) is 34.1 Å². The first kappa shape index (κ1) is 10.8. The number of aromatic nitrogens is 2. The zero-order valence-electron chi connectivity index (χ0n) is 7.61. The molecule has 0 radical (unpaired) electrons. The van der Waals surface area contributed by atoms with Crippen LogP contribution >= 0.6 is 0 Å². The molecule has 0 aliphatic heterocycles. The van der Waals surface area contributed by atoms with Crippen molar-refractivity contribution in [3.63, 3.8) is 0 Å². The van der Waals surface area contributed by atoms with Gasteiger partial charge in [-0.2, -0.15) is 0 Å². The topological polar surface area (TPSA) is 58.0 Å². The molecule has 0 aliphatic rings. The molecular weight excluding hydrogens is 192 g/mol. The van der Waals surface area contributed by atoms with E-state index in [-0.39, 0.29) is 12.5 Å². The lowest BCUT2D eigenvalue weighted by Gasteiger charge is -2.09. The van der Waals surface area contributed by atoms with Crippen molar-refractivity contribution in [2.75, 3.05) is 11.9 Å². The fraction of sp³-hybridized carbons (Fsp3) is 0.500. The molecule has 1 heterocycles. The highest BCUT2D eigenvalue weighted by atomic mass is 19.3. The highest BCUT2D eigenvalue weighted by Crippen LogP contribution is 2.02. The number of aryl methyl sites for hydroxylation is 1. The lowest BCUT2D eigenvalue weighted by atomic mass is 10.4. The molecule has 4 nitrogen and oxygen atoms in total. The van der Waals surface area contributed by atoms with Gasteiger partial charge in [0, 0.05) is 18.9 Å². The van der Waals surface area contributed by atoms with Gasteiger partial charge in [0.15, 0.2) is 0 Å². The Morgan fingerprint density at radius 1 is 1.43 bits per heavy atom. The van der Waals surface area contributed by atoms with E-state index >= 15 is 0 Å². The number of nitrogens with zero attached hydrogens (tertiary/aromatic N) is 2. The first-order valence-electron chi connectivity index (χ1n) is 4.08. The second kappa shape index (κ2) is 4.80. The summed E-state index contributed by atoms with van der Waals surface area (Å²) in [5.41, 5.74) is 0.880. The third-order valence-corrected chi connectivity index (χ3v) is 1.54. The van der Waals surface area contributed by atoms with Crippen LogP contribution in [0.5, 0.6) is 0 Å². The van der Waals surface area contributed by atoms with Gasteiger partial charge in [-0.1, -0.05) is 0 Å². The van der Waals surface area contributed by atoms with Crippen molar-refractivity contribution in [3.05, 3.63) is 18.0 Å². The molecule has 0 amide bonds. The van der Waals surface area contributed by atoms with Crippen LogP contribution < -0.4 is 5.32 Å². The van der Waals surface area contributed by atoms with Crippen LogP contribution in [0.3, 0.4) is 0 Å². The maximum Gasteiger partial charge on any atom is 0.265 e. The van der Waals surface area contributed by atoms with Crippen molar-refractivity contribution in [1.82, 2.24) is 9.97 Å². The number of hydrogen-bond donors (Lipinski definition) is 2. The third-order valence-electron chi connectivity index (χ3n) is 1.54. The van der Waals surface area contributed by atoms with E-state index < -0.39 is 12.5 Å². The number of hydrogen-bond acceptors (Lipinski definition) is 4. The molecule has 0 aliphatic carbocycles. The van der Waals surface area contributed by atoms with E-state index in [4.69, 9.17) is 5.11 Å². The Morgan fingerprint density at radius 3 is 2.50 bits per heavy atom. The van der Waals surface area contributed by atoms with Crippen molar-refractivity contribution < 1.29 is 13.9 Å². The smallest absolute Gasteiger partial charge is 0.265 e. The normalized spacial score (nSPS) is 12.9. The molecular formula is C8H11F2N3O. The fourth-order valence-corrected chi connectivity index (χ4v) is 0.769. The molecule has 1 unspecified atom stereocenters. The predicted octanol–water partition coefficient (Wildman–Crippen LogP) is 0.823.